The third-order valence-electron chi connectivity index (χ3n) is 3.00. The normalized spacial score (nSPS) is 14.2. The molecule has 0 aliphatic carbocycles. The van der Waals surface area contributed by atoms with E-state index < -0.39 is 0 Å². The van der Waals surface area contributed by atoms with Crippen LogP contribution in [-0.4, -0.2) is 11.6 Å². The van der Waals surface area contributed by atoms with Crippen LogP contribution in [-0.2, 0) is 6.42 Å². The molecule has 4 heteroatoms. The zero-order valence-corrected chi connectivity index (χ0v) is 9.69. The Morgan fingerprint density at radius 2 is 2.24 bits per heavy atom. The van der Waals surface area contributed by atoms with Crippen LogP contribution < -0.4 is 10.5 Å². The minimum atomic E-state index is 0.214. The molecule has 1 aromatic carbocycles. The lowest BCUT2D eigenvalue weighted by Crippen LogP contribution is -2.08. The van der Waals surface area contributed by atoms with Crippen molar-refractivity contribution in [2.75, 3.05) is 12.3 Å². The van der Waals surface area contributed by atoms with Crippen molar-refractivity contribution >= 4 is 6.01 Å². The van der Waals surface area contributed by atoms with Crippen molar-refractivity contribution in [3.8, 4) is 17.0 Å². The number of hydrogen-bond acceptors (Lipinski definition) is 4. The SMILES string of the molecule is Cc1oc(N)nc1-c1ccc2c(c1)CCCO2. The molecule has 1 aliphatic heterocycles. The predicted octanol–water partition coefficient (Wildman–Crippen LogP) is 2.56. The van der Waals surface area contributed by atoms with Gasteiger partial charge in [0.25, 0.3) is 6.01 Å². The van der Waals surface area contributed by atoms with Gasteiger partial charge in [-0.2, -0.15) is 4.98 Å². The maximum atomic E-state index is 5.58. The lowest BCUT2D eigenvalue weighted by Gasteiger charge is -2.17. The van der Waals surface area contributed by atoms with Crippen LogP contribution in [0, 0.1) is 6.92 Å². The van der Waals surface area contributed by atoms with Crippen LogP contribution in [0.2, 0.25) is 0 Å². The van der Waals surface area contributed by atoms with Crippen molar-refractivity contribution in [3.63, 3.8) is 0 Å². The summed E-state index contributed by atoms with van der Waals surface area (Å²) in [6.07, 6.45) is 2.12. The van der Waals surface area contributed by atoms with Gasteiger partial charge in [-0.05, 0) is 43.5 Å². The number of nitrogen functional groups attached to an aromatic ring is 1. The molecule has 2 heterocycles. The first-order valence-electron chi connectivity index (χ1n) is 5.73. The quantitative estimate of drug-likeness (QED) is 0.817. The van der Waals surface area contributed by atoms with Crippen molar-refractivity contribution in [1.82, 2.24) is 4.98 Å². The van der Waals surface area contributed by atoms with Crippen molar-refractivity contribution in [3.05, 3.63) is 29.5 Å². The Kier molecular flexibility index (Phi) is 2.28. The Hall–Kier alpha value is -1.97. The van der Waals surface area contributed by atoms with Crippen molar-refractivity contribution in [1.29, 1.82) is 0 Å². The second-order valence-corrected chi connectivity index (χ2v) is 4.23. The van der Waals surface area contributed by atoms with Crippen molar-refractivity contribution in [2.45, 2.75) is 19.8 Å². The molecule has 3 rings (SSSR count). The predicted molar refractivity (Wildman–Crippen MR) is 64.9 cm³/mol. The van der Waals surface area contributed by atoms with Crippen LogP contribution in [0.4, 0.5) is 6.01 Å². The highest BCUT2D eigenvalue weighted by Crippen LogP contribution is 2.31. The molecule has 2 N–H and O–H groups in total. The van der Waals surface area contributed by atoms with E-state index in [9.17, 15) is 0 Å². The molecule has 0 bridgehead atoms. The highest BCUT2D eigenvalue weighted by atomic mass is 16.5. The minimum absolute atomic E-state index is 0.214. The Labute approximate surface area is 99.4 Å². The number of ether oxygens (including phenoxy) is 1. The maximum Gasteiger partial charge on any atom is 0.292 e. The van der Waals surface area contributed by atoms with Crippen LogP contribution in [0.15, 0.2) is 22.6 Å². The average molecular weight is 230 g/mol. The fourth-order valence-electron chi connectivity index (χ4n) is 2.19. The van der Waals surface area contributed by atoms with E-state index in [4.69, 9.17) is 14.9 Å². The molecule has 0 amide bonds. The molecule has 0 radical (unpaired) electrons. The average Bonchev–Trinajstić information content (AvgIpc) is 2.68. The second kappa shape index (κ2) is 3.80. The summed E-state index contributed by atoms with van der Waals surface area (Å²) in [5.41, 5.74) is 8.63. The van der Waals surface area contributed by atoms with E-state index >= 15 is 0 Å². The molecule has 0 saturated heterocycles. The third kappa shape index (κ3) is 1.75. The van der Waals surface area contributed by atoms with Gasteiger partial charge < -0.3 is 14.9 Å². The Morgan fingerprint density at radius 3 is 3.00 bits per heavy atom. The van der Waals surface area contributed by atoms with E-state index in [0.717, 1.165) is 42.2 Å². The fourth-order valence-corrected chi connectivity index (χ4v) is 2.19. The third-order valence-corrected chi connectivity index (χ3v) is 3.00. The Balaban J connectivity index is 2.06. The molecular weight excluding hydrogens is 216 g/mol. The summed E-state index contributed by atoms with van der Waals surface area (Å²) < 4.78 is 10.8. The molecule has 17 heavy (non-hydrogen) atoms. The first kappa shape index (κ1) is 10.2. The van der Waals surface area contributed by atoms with Crippen molar-refractivity contribution < 1.29 is 9.15 Å². The Morgan fingerprint density at radius 1 is 1.35 bits per heavy atom. The van der Waals surface area contributed by atoms with Gasteiger partial charge in [0.1, 0.15) is 17.2 Å². The number of aryl methyl sites for hydroxylation is 2. The molecular formula is C13H14N2O2. The zero-order valence-electron chi connectivity index (χ0n) is 9.69. The smallest absolute Gasteiger partial charge is 0.292 e. The molecule has 0 unspecified atom stereocenters. The fraction of sp³-hybridized carbons (Fsp3) is 0.308. The van der Waals surface area contributed by atoms with Gasteiger partial charge in [0.2, 0.25) is 0 Å². The van der Waals surface area contributed by atoms with Gasteiger partial charge in [-0.3, -0.25) is 0 Å². The molecule has 1 aliphatic rings. The Bertz CT molecular complexity index is 561. The highest BCUT2D eigenvalue weighted by molar-refractivity contribution is 5.65. The maximum absolute atomic E-state index is 5.58. The van der Waals surface area contributed by atoms with Gasteiger partial charge in [0.15, 0.2) is 0 Å². The number of aromatic nitrogens is 1. The lowest BCUT2D eigenvalue weighted by atomic mass is 10.0. The number of rotatable bonds is 1. The first-order valence-corrected chi connectivity index (χ1v) is 5.73. The van der Waals surface area contributed by atoms with Crippen molar-refractivity contribution in [2.24, 2.45) is 0 Å². The van der Waals surface area contributed by atoms with E-state index in [1.54, 1.807) is 0 Å². The molecule has 0 fully saturated rings. The van der Waals surface area contributed by atoms with Crippen LogP contribution in [0.5, 0.6) is 5.75 Å². The molecule has 0 spiro atoms. The van der Waals surface area contributed by atoms with Gasteiger partial charge in [-0.25, -0.2) is 0 Å². The zero-order chi connectivity index (χ0) is 11.8. The lowest BCUT2D eigenvalue weighted by molar-refractivity contribution is 0.288. The van der Waals surface area contributed by atoms with E-state index in [1.807, 2.05) is 19.1 Å². The number of hydrogen-bond donors (Lipinski definition) is 1. The number of benzene rings is 1. The number of nitrogens with zero attached hydrogens (tertiary/aromatic N) is 1. The standard InChI is InChI=1S/C13H14N2O2/c1-8-12(15-13(14)17-8)10-4-5-11-9(7-10)3-2-6-16-11/h4-5,7H,2-3,6H2,1H3,(H2,14,15). The first-order chi connectivity index (χ1) is 8.24. The van der Waals surface area contributed by atoms with Crippen LogP contribution >= 0.6 is 0 Å². The topological polar surface area (TPSA) is 61.3 Å². The van der Waals surface area contributed by atoms with Crippen LogP contribution in [0.25, 0.3) is 11.3 Å². The molecule has 4 nitrogen and oxygen atoms in total. The van der Waals surface area contributed by atoms with Gasteiger partial charge in [-0.1, -0.05) is 0 Å². The molecule has 0 atom stereocenters. The monoisotopic (exact) mass is 230 g/mol. The molecule has 88 valence electrons. The van der Waals surface area contributed by atoms with E-state index in [2.05, 4.69) is 11.1 Å². The molecule has 1 aromatic heterocycles. The summed E-state index contributed by atoms with van der Waals surface area (Å²) in [7, 11) is 0. The van der Waals surface area contributed by atoms with E-state index in [-0.39, 0.29) is 6.01 Å². The number of oxazole rings is 1. The summed E-state index contributed by atoms with van der Waals surface area (Å²) in [6, 6.07) is 6.31. The van der Waals surface area contributed by atoms with Gasteiger partial charge >= 0.3 is 0 Å². The highest BCUT2D eigenvalue weighted by Gasteiger charge is 2.14. The largest absolute Gasteiger partial charge is 0.493 e. The van der Waals surface area contributed by atoms with E-state index in [0.29, 0.717) is 0 Å². The van der Waals surface area contributed by atoms with Crippen LogP contribution in [0.3, 0.4) is 0 Å². The van der Waals surface area contributed by atoms with Gasteiger partial charge in [0, 0.05) is 5.56 Å². The summed E-state index contributed by atoms with van der Waals surface area (Å²) in [5.74, 6) is 1.73. The van der Waals surface area contributed by atoms with E-state index in [1.165, 1.54) is 5.56 Å². The number of fused-ring (bicyclic) bond motifs is 1. The summed E-state index contributed by atoms with van der Waals surface area (Å²) in [4.78, 5) is 4.20. The molecule has 0 saturated carbocycles. The number of anilines is 1. The summed E-state index contributed by atoms with van der Waals surface area (Å²) in [6.45, 7) is 2.68. The summed E-state index contributed by atoms with van der Waals surface area (Å²) >= 11 is 0. The molecule has 2 aromatic rings. The minimum Gasteiger partial charge on any atom is -0.493 e. The van der Waals surface area contributed by atoms with Crippen LogP contribution in [0.1, 0.15) is 17.7 Å². The van der Waals surface area contributed by atoms with Gasteiger partial charge in [0.05, 0.1) is 6.61 Å². The summed E-state index contributed by atoms with van der Waals surface area (Å²) in [5, 5.41) is 0. The number of nitrogens with two attached hydrogens (primary N) is 1. The second-order valence-electron chi connectivity index (χ2n) is 4.23. The van der Waals surface area contributed by atoms with Gasteiger partial charge in [-0.15, -0.1) is 0 Å².